The molecular formula is C41H43FN4O5Si. The smallest absolute Gasteiger partial charge is 0.268 e. The van der Waals surface area contributed by atoms with Crippen molar-refractivity contribution in [3.05, 3.63) is 126 Å². The lowest BCUT2D eigenvalue weighted by Gasteiger charge is -2.31. The lowest BCUT2D eigenvalue weighted by Crippen LogP contribution is -2.44. The quantitative estimate of drug-likeness (QED) is 0.0987. The van der Waals surface area contributed by atoms with Gasteiger partial charge in [0, 0.05) is 58.6 Å². The molecule has 1 spiro atoms. The summed E-state index contributed by atoms with van der Waals surface area (Å²) in [7, 11) is -3.58. The van der Waals surface area contributed by atoms with Crippen LogP contribution in [0.4, 0.5) is 21.2 Å². The third kappa shape index (κ3) is 6.44. The zero-order valence-corrected chi connectivity index (χ0v) is 30.5. The number of anilines is 3. The second kappa shape index (κ2) is 14.1. The molecule has 3 amide bonds. The van der Waals surface area contributed by atoms with Gasteiger partial charge in [0.05, 0.1) is 31.2 Å². The number of carbonyl (C=O) groups is 3. The van der Waals surface area contributed by atoms with Crippen molar-refractivity contribution in [2.24, 2.45) is 5.92 Å². The molecule has 0 aliphatic carbocycles. The number of amides is 3. The predicted molar refractivity (Wildman–Crippen MR) is 202 cm³/mol. The molecule has 1 aromatic heterocycles. The van der Waals surface area contributed by atoms with Crippen LogP contribution in [0.2, 0.25) is 18.6 Å². The Bertz CT molecular complexity index is 2100. The number of halogens is 1. The van der Waals surface area contributed by atoms with Crippen LogP contribution in [0.3, 0.4) is 0 Å². The van der Waals surface area contributed by atoms with E-state index in [1.807, 2.05) is 98.0 Å². The van der Waals surface area contributed by atoms with Gasteiger partial charge in [-0.25, -0.2) is 0 Å². The minimum Gasteiger partial charge on any atom is -0.395 e. The number of hydrogen-bond donors (Lipinski definition) is 3. The Hall–Kier alpha value is -5.10. The standard InChI is InChI=1S/C41H43FN4O5Si/c1-27-39(52(2,3)42)36(24-38(49)45(20-21-47)26-28-12-6-4-7-13-28)51-41(27)33-23-30(18-19-35(33)46(40(41)50)31-14-8-5-9-15-31)44-37(48)22-29-25-43-34-17-11-10-16-32(29)34/h4-19,23,25,27,36,39,43,47H,20-22,24,26H2,1-3H3,(H,44,48)/t27-,36+,39-,41+/m1/s1. The number of carbonyl (C=O) groups excluding carboxylic acids is 3. The van der Waals surface area contributed by atoms with Crippen LogP contribution < -0.4 is 10.2 Å². The maximum absolute atomic E-state index is 16.6. The van der Waals surface area contributed by atoms with Gasteiger partial charge >= 0.3 is 0 Å². The Morgan fingerprint density at radius 2 is 1.69 bits per heavy atom. The summed E-state index contributed by atoms with van der Waals surface area (Å²) < 4.78 is 23.4. The summed E-state index contributed by atoms with van der Waals surface area (Å²) in [5.41, 5.74) is 2.58. The van der Waals surface area contributed by atoms with Gasteiger partial charge in [0.15, 0.2) is 5.60 Å². The van der Waals surface area contributed by atoms with Crippen molar-refractivity contribution in [1.82, 2.24) is 9.88 Å². The largest absolute Gasteiger partial charge is 0.395 e. The molecule has 1 saturated heterocycles. The van der Waals surface area contributed by atoms with Crippen LogP contribution in [0, 0.1) is 5.92 Å². The lowest BCUT2D eigenvalue weighted by atomic mass is 9.82. The molecule has 9 nitrogen and oxygen atoms in total. The zero-order chi connectivity index (χ0) is 36.6. The molecule has 7 rings (SSSR count). The molecular weight excluding hydrogens is 676 g/mol. The molecule has 0 radical (unpaired) electrons. The highest BCUT2D eigenvalue weighted by Gasteiger charge is 2.67. The number of benzene rings is 4. The summed E-state index contributed by atoms with van der Waals surface area (Å²) in [6.07, 6.45) is 0.908. The molecule has 1 fully saturated rings. The number of aromatic amines is 1. The predicted octanol–water partition coefficient (Wildman–Crippen LogP) is 7.21. The van der Waals surface area contributed by atoms with Crippen molar-refractivity contribution in [2.75, 3.05) is 23.4 Å². The molecule has 11 heteroatoms. The normalized spacial score (nSPS) is 21.1. The first kappa shape index (κ1) is 35.3. The van der Waals surface area contributed by atoms with Crippen LogP contribution in [0.1, 0.15) is 30.0 Å². The zero-order valence-electron chi connectivity index (χ0n) is 29.5. The number of H-pyrrole nitrogens is 1. The van der Waals surface area contributed by atoms with Crippen LogP contribution in [0.5, 0.6) is 0 Å². The van der Waals surface area contributed by atoms with Gasteiger partial charge in [-0.2, -0.15) is 0 Å². The summed E-state index contributed by atoms with van der Waals surface area (Å²) in [6, 6.07) is 31.8. The van der Waals surface area contributed by atoms with Gasteiger partial charge in [-0.15, -0.1) is 0 Å². The molecule has 4 aromatic carbocycles. The molecule has 5 aromatic rings. The van der Waals surface area contributed by atoms with Gasteiger partial charge < -0.3 is 29.2 Å². The first-order valence-corrected chi connectivity index (χ1v) is 20.6. The molecule has 3 heterocycles. The third-order valence-electron chi connectivity index (χ3n) is 10.5. The molecule has 3 N–H and O–H groups in total. The van der Waals surface area contributed by atoms with Crippen LogP contribution >= 0.6 is 0 Å². The number of nitrogens with one attached hydrogen (secondary N) is 2. The highest BCUT2D eigenvalue weighted by molar-refractivity contribution is 6.72. The van der Waals surface area contributed by atoms with Crippen LogP contribution in [0.15, 0.2) is 109 Å². The molecule has 2 aliphatic heterocycles. The summed E-state index contributed by atoms with van der Waals surface area (Å²) in [6.45, 7) is 5.19. The monoisotopic (exact) mass is 718 g/mol. The Morgan fingerprint density at radius 3 is 2.40 bits per heavy atom. The highest BCUT2D eigenvalue weighted by Crippen LogP contribution is 2.61. The van der Waals surface area contributed by atoms with Crippen molar-refractivity contribution < 1.29 is 28.3 Å². The number of nitrogens with zero attached hydrogens (tertiary/aromatic N) is 2. The number of rotatable bonds is 11. The van der Waals surface area contributed by atoms with E-state index in [2.05, 4.69) is 10.3 Å². The summed E-state index contributed by atoms with van der Waals surface area (Å²) in [4.78, 5) is 48.7. The molecule has 4 atom stereocenters. The number of aliphatic hydroxyl groups excluding tert-OH is 1. The van der Waals surface area contributed by atoms with Gasteiger partial charge in [0.1, 0.15) is 0 Å². The second-order valence-electron chi connectivity index (χ2n) is 14.3. The molecule has 2 aliphatic rings. The van der Waals surface area contributed by atoms with Crippen LogP contribution in [0.25, 0.3) is 10.9 Å². The van der Waals surface area contributed by atoms with Gasteiger partial charge in [-0.1, -0.05) is 73.7 Å². The number of fused-ring (bicyclic) bond motifs is 3. The Morgan fingerprint density at radius 1 is 1.00 bits per heavy atom. The number of ether oxygens (including phenoxy) is 1. The van der Waals surface area contributed by atoms with Crippen molar-refractivity contribution in [2.45, 2.75) is 56.7 Å². The third-order valence-corrected chi connectivity index (χ3v) is 13.0. The highest BCUT2D eigenvalue weighted by atomic mass is 28.4. The second-order valence-corrected chi connectivity index (χ2v) is 18.1. The van der Waals surface area contributed by atoms with E-state index in [-0.39, 0.29) is 50.3 Å². The average Bonchev–Trinajstić information content (AvgIpc) is 3.75. The Kier molecular flexibility index (Phi) is 9.60. The molecule has 52 heavy (non-hydrogen) atoms. The number of aromatic nitrogens is 1. The van der Waals surface area contributed by atoms with Crippen LogP contribution in [-0.2, 0) is 37.7 Å². The lowest BCUT2D eigenvalue weighted by molar-refractivity contribution is -0.149. The average molecular weight is 719 g/mol. The molecule has 268 valence electrons. The van der Waals surface area contributed by atoms with E-state index in [1.54, 1.807) is 41.1 Å². The Labute approximate surface area is 303 Å². The van der Waals surface area contributed by atoms with Crippen LogP contribution in [-0.4, -0.2) is 60.4 Å². The first-order valence-electron chi connectivity index (χ1n) is 17.7. The molecule has 0 unspecified atom stereocenters. The molecule has 0 saturated carbocycles. The van der Waals surface area contributed by atoms with Gasteiger partial charge in [-0.05, 0) is 60.6 Å². The first-order chi connectivity index (χ1) is 25.0. The van der Waals surface area contributed by atoms with Gasteiger partial charge in [0.2, 0.25) is 20.2 Å². The maximum atomic E-state index is 16.6. The van der Waals surface area contributed by atoms with Gasteiger partial charge in [0.25, 0.3) is 5.91 Å². The van der Waals surface area contributed by atoms with E-state index >= 15 is 4.11 Å². The van der Waals surface area contributed by atoms with E-state index in [4.69, 9.17) is 4.74 Å². The SMILES string of the molecule is C[C@@H]1[C@@H]([Si](C)(C)F)[C@H](CC(=O)N(CCO)Cc2ccccc2)O[C@@]12C(=O)N(c1ccccc1)c1ccc(NC(=O)Cc3c[nH]c4ccccc34)cc12. The molecule has 0 bridgehead atoms. The van der Waals surface area contributed by atoms with E-state index in [1.165, 1.54) is 0 Å². The summed E-state index contributed by atoms with van der Waals surface area (Å²) >= 11 is 0. The minimum absolute atomic E-state index is 0.105. The summed E-state index contributed by atoms with van der Waals surface area (Å²) in [5, 5.41) is 13.8. The van der Waals surface area contributed by atoms with Crippen molar-refractivity contribution in [3.8, 4) is 0 Å². The fraction of sp³-hybridized carbons (Fsp3) is 0.293. The fourth-order valence-electron chi connectivity index (χ4n) is 8.26. The Balaban J connectivity index is 1.24. The van der Waals surface area contributed by atoms with E-state index in [9.17, 15) is 19.5 Å². The fourth-order valence-corrected chi connectivity index (χ4v) is 10.8. The summed E-state index contributed by atoms with van der Waals surface area (Å²) in [5.74, 6) is -1.53. The van der Waals surface area contributed by atoms with Crippen molar-refractivity contribution in [3.63, 3.8) is 0 Å². The van der Waals surface area contributed by atoms with E-state index < -0.39 is 31.6 Å². The van der Waals surface area contributed by atoms with E-state index in [0.29, 0.717) is 22.6 Å². The number of aliphatic hydroxyl groups is 1. The maximum Gasteiger partial charge on any atom is 0.268 e. The van der Waals surface area contributed by atoms with Crippen molar-refractivity contribution >= 4 is 54.1 Å². The van der Waals surface area contributed by atoms with E-state index in [0.717, 1.165) is 22.0 Å². The van der Waals surface area contributed by atoms with Crippen molar-refractivity contribution in [1.29, 1.82) is 0 Å². The minimum atomic E-state index is -3.58. The number of para-hydroxylation sites is 2. The van der Waals surface area contributed by atoms with Gasteiger partial charge in [-0.3, -0.25) is 19.3 Å². The number of hydrogen-bond acceptors (Lipinski definition) is 5. The topological polar surface area (TPSA) is 115 Å².